The number of thiocarbonyl (C=S) groups is 1. The van der Waals surface area contributed by atoms with Crippen LogP contribution in [0.3, 0.4) is 0 Å². The molecule has 1 aromatic carbocycles. The van der Waals surface area contributed by atoms with Gasteiger partial charge in [-0.15, -0.1) is 0 Å². The maximum Gasteiger partial charge on any atom is 0.387 e. The van der Waals surface area contributed by atoms with Gasteiger partial charge in [-0.2, -0.15) is 13.9 Å². The molecule has 1 fully saturated rings. The van der Waals surface area contributed by atoms with Crippen LogP contribution in [0, 0.1) is 0 Å². The van der Waals surface area contributed by atoms with Crippen LogP contribution in [-0.2, 0) is 4.74 Å². The molecule has 126 valence electrons. The Balaban J connectivity index is 1.90. The van der Waals surface area contributed by atoms with Crippen LogP contribution in [0.4, 0.5) is 8.78 Å². The van der Waals surface area contributed by atoms with Crippen LogP contribution in [-0.4, -0.2) is 36.7 Å². The normalized spacial score (nSPS) is 18.1. The Hall–Kier alpha value is -1.80. The zero-order valence-corrected chi connectivity index (χ0v) is 13.5. The summed E-state index contributed by atoms with van der Waals surface area (Å²) in [5, 5.41) is 7.47. The highest BCUT2D eigenvalue weighted by molar-refractivity contribution is 7.80. The standard InChI is InChI=1S/C15H19F2N3O2S/c1-10(12-6-2-3-7-13(12)22-14(16)17)19-20-15(23)18-9-11-5-4-8-21-11/h2-3,6-7,11,14H,4-5,8-9H2,1H3,(H2,18,20,23)/b19-10-/t11-/m0/s1. The molecule has 0 radical (unpaired) electrons. The van der Waals surface area contributed by atoms with Gasteiger partial charge < -0.3 is 14.8 Å². The number of hydrazone groups is 1. The van der Waals surface area contributed by atoms with Crippen molar-refractivity contribution in [3.63, 3.8) is 0 Å². The molecular weight excluding hydrogens is 324 g/mol. The number of para-hydroxylation sites is 1. The number of hydrogen-bond donors (Lipinski definition) is 2. The fourth-order valence-corrected chi connectivity index (χ4v) is 2.34. The highest BCUT2D eigenvalue weighted by Gasteiger charge is 2.15. The molecule has 8 heteroatoms. The molecule has 1 saturated heterocycles. The summed E-state index contributed by atoms with van der Waals surface area (Å²) in [5.41, 5.74) is 3.66. The van der Waals surface area contributed by atoms with Crippen molar-refractivity contribution in [2.75, 3.05) is 13.2 Å². The lowest BCUT2D eigenvalue weighted by Gasteiger charge is -2.13. The molecule has 0 unspecified atom stereocenters. The minimum absolute atomic E-state index is 0.0729. The van der Waals surface area contributed by atoms with E-state index in [2.05, 4.69) is 20.6 Å². The van der Waals surface area contributed by atoms with Crippen LogP contribution in [0.2, 0.25) is 0 Å². The largest absolute Gasteiger partial charge is 0.434 e. The van der Waals surface area contributed by atoms with Gasteiger partial charge in [-0.3, -0.25) is 5.43 Å². The predicted octanol–water partition coefficient (Wildman–Crippen LogP) is 2.66. The maximum absolute atomic E-state index is 12.4. The van der Waals surface area contributed by atoms with Crippen LogP contribution in [0.25, 0.3) is 0 Å². The summed E-state index contributed by atoms with van der Waals surface area (Å²) in [6, 6.07) is 6.46. The topological polar surface area (TPSA) is 54.9 Å². The summed E-state index contributed by atoms with van der Waals surface area (Å²) in [7, 11) is 0. The number of ether oxygens (including phenoxy) is 2. The lowest BCUT2D eigenvalue weighted by molar-refractivity contribution is -0.0499. The molecule has 2 rings (SSSR count). The number of halogens is 2. The first-order chi connectivity index (χ1) is 11.1. The monoisotopic (exact) mass is 343 g/mol. The quantitative estimate of drug-likeness (QED) is 0.472. The zero-order valence-electron chi connectivity index (χ0n) is 12.7. The van der Waals surface area contributed by atoms with Gasteiger partial charge in [0, 0.05) is 18.7 Å². The average Bonchev–Trinajstić information content (AvgIpc) is 3.04. The molecule has 1 atom stereocenters. The second kappa shape index (κ2) is 8.73. The van der Waals surface area contributed by atoms with E-state index in [1.807, 2.05) is 0 Å². The van der Waals surface area contributed by atoms with Gasteiger partial charge in [-0.1, -0.05) is 12.1 Å². The molecule has 1 aliphatic rings. The molecule has 0 spiro atoms. The van der Waals surface area contributed by atoms with E-state index >= 15 is 0 Å². The summed E-state index contributed by atoms with van der Waals surface area (Å²) in [6.07, 6.45) is 2.24. The van der Waals surface area contributed by atoms with Gasteiger partial charge in [0.2, 0.25) is 0 Å². The Kier molecular flexibility index (Phi) is 6.66. The van der Waals surface area contributed by atoms with E-state index in [0.717, 1.165) is 19.4 Å². The van der Waals surface area contributed by atoms with Crippen molar-refractivity contribution in [3.05, 3.63) is 29.8 Å². The van der Waals surface area contributed by atoms with E-state index in [0.29, 0.717) is 22.9 Å². The van der Waals surface area contributed by atoms with Gasteiger partial charge in [0.15, 0.2) is 5.11 Å². The third-order valence-corrected chi connectivity index (χ3v) is 3.57. The van der Waals surface area contributed by atoms with E-state index < -0.39 is 6.61 Å². The van der Waals surface area contributed by atoms with Crippen LogP contribution >= 0.6 is 12.2 Å². The van der Waals surface area contributed by atoms with Crippen molar-refractivity contribution in [3.8, 4) is 5.75 Å². The number of rotatable bonds is 6. The molecule has 0 aromatic heterocycles. The molecule has 0 bridgehead atoms. The first kappa shape index (κ1) is 17.6. The molecule has 1 heterocycles. The molecule has 0 amide bonds. The van der Waals surface area contributed by atoms with Crippen molar-refractivity contribution in [2.45, 2.75) is 32.5 Å². The van der Waals surface area contributed by atoms with Crippen LogP contribution < -0.4 is 15.5 Å². The minimum atomic E-state index is -2.88. The Morgan fingerprint density at radius 3 is 2.96 bits per heavy atom. The van der Waals surface area contributed by atoms with Gasteiger partial charge in [-0.25, -0.2) is 0 Å². The summed E-state index contributed by atoms with van der Waals surface area (Å²) in [5.74, 6) is 0.0729. The number of hydrogen-bond acceptors (Lipinski definition) is 4. The SMILES string of the molecule is C/C(=N/NC(=S)NC[C@@H]1CCCO1)c1ccccc1OC(F)F. The summed E-state index contributed by atoms with van der Waals surface area (Å²) in [6.45, 7) is 0.200. The number of nitrogens with zero attached hydrogens (tertiary/aromatic N) is 1. The van der Waals surface area contributed by atoms with Crippen molar-refractivity contribution in [1.82, 2.24) is 10.7 Å². The molecular formula is C15H19F2N3O2S. The number of nitrogens with one attached hydrogen (secondary N) is 2. The Bertz CT molecular complexity index is 563. The van der Waals surface area contributed by atoms with Gasteiger partial charge >= 0.3 is 6.61 Å². The van der Waals surface area contributed by atoms with Crippen molar-refractivity contribution < 1.29 is 18.3 Å². The Morgan fingerprint density at radius 2 is 2.26 bits per heavy atom. The van der Waals surface area contributed by atoms with Gasteiger partial charge in [0.25, 0.3) is 0 Å². The van der Waals surface area contributed by atoms with Crippen molar-refractivity contribution >= 4 is 23.0 Å². The first-order valence-electron chi connectivity index (χ1n) is 7.30. The Labute approximate surface area is 139 Å². The zero-order chi connectivity index (χ0) is 16.7. The molecule has 1 aliphatic heterocycles. The van der Waals surface area contributed by atoms with Gasteiger partial charge in [-0.05, 0) is 44.1 Å². The van der Waals surface area contributed by atoms with E-state index in [-0.39, 0.29) is 11.9 Å². The molecule has 5 nitrogen and oxygen atoms in total. The van der Waals surface area contributed by atoms with E-state index in [1.54, 1.807) is 25.1 Å². The van der Waals surface area contributed by atoms with E-state index in [9.17, 15) is 8.78 Å². The molecule has 1 aromatic rings. The predicted molar refractivity (Wildman–Crippen MR) is 88.0 cm³/mol. The molecule has 2 N–H and O–H groups in total. The third-order valence-electron chi connectivity index (χ3n) is 3.33. The van der Waals surface area contributed by atoms with Gasteiger partial charge in [0.1, 0.15) is 5.75 Å². The number of alkyl halides is 2. The second-order valence-electron chi connectivity index (χ2n) is 5.03. The van der Waals surface area contributed by atoms with Gasteiger partial charge in [0.05, 0.1) is 11.8 Å². The summed E-state index contributed by atoms with van der Waals surface area (Å²) >= 11 is 5.12. The first-order valence-corrected chi connectivity index (χ1v) is 7.71. The maximum atomic E-state index is 12.4. The smallest absolute Gasteiger partial charge is 0.387 e. The van der Waals surface area contributed by atoms with Crippen LogP contribution in [0.1, 0.15) is 25.3 Å². The summed E-state index contributed by atoms with van der Waals surface area (Å²) in [4.78, 5) is 0. The van der Waals surface area contributed by atoms with E-state index in [1.165, 1.54) is 6.07 Å². The Morgan fingerprint density at radius 1 is 1.48 bits per heavy atom. The highest BCUT2D eigenvalue weighted by Crippen LogP contribution is 2.20. The van der Waals surface area contributed by atoms with Crippen LogP contribution in [0.5, 0.6) is 5.75 Å². The fraction of sp³-hybridized carbons (Fsp3) is 0.467. The lowest BCUT2D eigenvalue weighted by Crippen LogP contribution is -2.37. The highest BCUT2D eigenvalue weighted by atomic mass is 32.1. The second-order valence-corrected chi connectivity index (χ2v) is 5.44. The van der Waals surface area contributed by atoms with Crippen LogP contribution in [0.15, 0.2) is 29.4 Å². The minimum Gasteiger partial charge on any atom is -0.434 e. The fourth-order valence-electron chi connectivity index (χ4n) is 2.21. The average molecular weight is 343 g/mol. The molecule has 0 aliphatic carbocycles. The van der Waals surface area contributed by atoms with E-state index in [4.69, 9.17) is 17.0 Å². The molecule has 23 heavy (non-hydrogen) atoms. The lowest BCUT2D eigenvalue weighted by atomic mass is 10.1. The van der Waals surface area contributed by atoms with Crippen molar-refractivity contribution in [1.29, 1.82) is 0 Å². The summed E-state index contributed by atoms with van der Waals surface area (Å²) < 4.78 is 34.8. The number of benzene rings is 1. The molecule has 0 saturated carbocycles. The van der Waals surface area contributed by atoms with Crippen molar-refractivity contribution in [2.24, 2.45) is 5.10 Å². The third kappa shape index (κ3) is 5.72.